The fraction of sp³-hybridized carbons (Fsp3) is 0.143. The van der Waals surface area contributed by atoms with E-state index in [9.17, 15) is 0 Å². The largest absolute Gasteiger partial charge is 0.343 e. The second kappa shape index (κ2) is 3.56. The maximum absolute atomic E-state index is 2.27. The summed E-state index contributed by atoms with van der Waals surface area (Å²) < 4.78 is 0. The molecule has 0 unspecified atom stereocenters. The zero-order valence-electron chi connectivity index (χ0n) is 9.40. The van der Waals surface area contributed by atoms with Crippen LogP contribution in [0.25, 0.3) is 0 Å². The maximum atomic E-state index is 2.27. The van der Waals surface area contributed by atoms with Gasteiger partial charge in [-0.2, -0.15) is 0 Å². The average Bonchev–Trinajstić information content (AvgIpc) is 2.31. The van der Waals surface area contributed by atoms with E-state index in [1.807, 2.05) is 11.8 Å². The Balaban J connectivity index is 2.19. The van der Waals surface area contributed by atoms with Crippen molar-refractivity contribution in [2.75, 3.05) is 11.9 Å². The molecule has 3 rings (SSSR count). The third-order valence-corrected chi connectivity index (χ3v) is 4.05. The van der Waals surface area contributed by atoms with Crippen molar-refractivity contribution in [3.63, 3.8) is 0 Å². The molecule has 0 atom stereocenters. The molecule has 0 spiro atoms. The molecule has 2 heteroatoms. The average molecular weight is 227 g/mol. The van der Waals surface area contributed by atoms with Gasteiger partial charge in [0.1, 0.15) is 0 Å². The molecule has 0 aliphatic carbocycles. The van der Waals surface area contributed by atoms with E-state index in [0.29, 0.717) is 0 Å². The van der Waals surface area contributed by atoms with Crippen LogP contribution in [-0.2, 0) is 0 Å². The SMILES string of the molecule is Cc1ccc2c(c1)N(C)c1ccccc1S2. The van der Waals surface area contributed by atoms with Crippen molar-refractivity contribution >= 4 is 23.1 Å². The molecule has 0 bridgehead atoms. The van der Waals surface area contributed by atoms with Crippen molar-refractivity contribution in [2.45, 2.75) is 16.7 Å². The molecule has 2 aromatic rings. The van der Waals surface area contributed by atoms with Crippen LogP contribution in [0.3, 0.4) is 0 Å². The van der Waals surface area contributed by atoms with Crippen LogP contribution in [-0.4, -0.2) is 7.05 Å². The highest BCUT2D eigenvalue weighted by molar-refractivity contribution is 7.99. The number of fused-ring (bicyclic) bond motifs is 2. The van der Waals surface area contributed by atoms with E-state index in [2.05, 4.69) is 61.3 Å². The zero-order chi connectivity index (χ0) is 11.1. The predicted octanol–water partition coefficient (Wildman–Crippen LogP) is 4.23. The first-order valence-electron chi connectivity index (χ1n) is 5.37. The minimum Gasteiger partial charge on any atom is -0.343 e. The number of anilines is 2. The van der Waals surface area contributed by atoms with Gasteiger partial charge < -0.3 is 4.90 Å². The van der Waals surface area contributed by atoms with Gasteiger partial charge in [-0.15, -0.1) is 0 Å². The number of nitrogens with zero attached hydrogens (tertiary/aromatic N) is 1. The Labute approximate surface area is 100 Å². The Kier molecular flexibility index (Phi) is 2.18. The predicted molar refractivity (Wildman–Crippen MR) is 69.8 cm³/mol. The number of hydrogen-bond donors (Lipinski definition) is 0. The Morgan fingerprint density at radius 2 is 1.69 bits per heavy atom. The summed E-state index contributed by atoms with van der Waals surface area (Å²) in [6, 6.07) is 15.2. The van der Waals surface area contributed by atoms with E-state index in [4.69, 9.17) is 0 Å². The van der Waals surface area contributed by atoms with Crippen LogP contribution in [0.4, 0.5) is 11.4 Å². The zero-order valence-corrected chi connectivity index (χ0v) is 10.2. The van der Waals surface area contributed by atoms with Crippen molar-refractivity contribution in [2.24, 2.45) is 0 Å². The molecule has 1 aliphatic heterocycles. The number of para-hydroxylation sites is 1. The minimum absolute atomic E-state index is 1.30. The summed E-state index contributed by atoms with van der Waals surface area (Å²) in [5.41, 5.74) is 3.92. The first-order chi connectivity index (χ1) is 7.75. The highest BCUT2D eigenvalue weighted by atomic mass is 32.2. The van der Waals surface area contributed by atoms with Crippen molar-refractivity contribution < 1.29 is 0 Å². The van der Waals surface area contributed by atoms with Gasteiger partial charge in [-0.25, -0.2) is 0 Å². The third-order valence-electron chi connectivity index (χ3n) is 2.92. The normalized spacial score (nSPS) is 13.2. The highest BCUT2D eigenvalue weighted by Crippen LogP contribution is 2.47. The third kappa shape index (κ3) is 1.41. The van der Waals surface area contributed by atoms with Crippen LogP contribution < -0.4 is 4.90 Å². The van der Waals surface area contributed by atoms with Gasteiger partial charge in [0.2, 0.25) is 0 Å². The molecule has 0 fully saturated rings. The lowest BCUT2D eigenvalue weighted by Gasteiger charge is -2.29. The number of benzene rings is 2. The van der Waals surface area contributed by atoms with Crippen LogP contribution in [0.1, 0.15) is 5.56 Å². The van der Waals surface area contributed by atoms with Gasteiger partial charge in [0.05, 0.1) is 11.4 Å². The molecule has 0 radical (unpaired) electrons. The van der Waals surface area contributed by atoms with E-state index in [1.165, 1.54) is 26.7 Å². The summed E-state index contributed by atoms with van der Waals surface area (Å²) in [4.78, 5) is 4.95. The summed E-state index contributed by atoms with van der Waals surface area (Å²) in [6.07, 6.45) is 0. The van der Waals surface area contributed by atoms with E-state index in [1.54, 1.807) is 0 Å². The van der Waals surface area contributed by atoms with Crippen LogP contribution in [0, 0.1) is 6.92 Å². The summed E-state index contributed by atoms with van der Waals surface area (Å²) in [7, 11) is 2.14. The Morgan fingerprint density at radius 1 is 0.938 bits per heavy atom. The molecule has 2 aromatic carbocycles. The molecule has 0 aromatic heterocycles. The van der Waals surface area contributed by atoms with Gasteiger partial charge >= 0.3 is 0 Å². The lowest BCUT2D eigenvalue weighted by Crippen LogP contribution is -2.14. The molecule has 0 saturated carbocycles. The molecular formula is C14H13NS. The van der Waals surface area contributed by atoms with Crippen LogP contribution in [0.5, 0.6) is 0 Å². The fourth-order valence-electron chi connectivity index (χ4n) is 2.04. The van der Waals surface area contributed by atoms with Crippen molar-refractivity contribution in [1.29, 1.82) is 0 Å². The van der Waals surface area contributed by atoms with Gasteiger partial charge in [0, 0.05) is 16.8 Å². The molecule has 0 N–H and O–H groups in total. The molecule has 0 amide bonds. The van der Waals surface area contributed by atoms with Gasteiger partial charge in [0.15, 0.2) is 0 Å². The first-order valence-corrected chi connectivity index (χ1v) is 6.18. The topological polar surface area (TPSA) is 3.24 Å². The van der Waals surface area contributed by atoms with E-state index in [-0.39, 0.29) is 0 Å². The van der Waals surface area contributed by atoms with Gasteiger partial charge in [-0.3, -0.25) is 0 Å². The summed E-state index contributed by atoms with van der Waals surface area (Å²) in [5, 5.41) is 0. The summed E-state index contributed by atoms with van der Waals surface area (Å²) in [5.74, 6) is 0. The second-order valence-corrected chi connectivity index (χ2v) is 5.18. The molecular weight excluding hydrogens is 214 g/mol. The number of hydrogen-bond acceptors (Lipinski definition) is 2. The van der Waals surface area contributed by atoms with E-state index >= 15 is 0 Å². The second-order valence-electron chi connectivity index (χ2n) is 4.10. The maximum Gasteiger partial charge on any atom is 0.0552 e. The Bertz CT molecular complexity index is 548. The van der Waals surface area contributed by atoms with E-state index < -0.39 is 0 Å². The fourth-order valence-corrected chi connectivity index (χ4v) is 3.17. The van der Waals surface area contributed by atoms with Crippen LogP contribution in [0.15, 0.2) is 52.3 Å². The summed E-state index contributed by atoms with van der Waals surface area (Å²) >= 11 is 1.85. The van der Waals surface area contributed by atoms with Gasteiger partial charge in [-0.1, -0.05) is 30.0 Å². The molecule has 1 heterocycles. The number of rotatable bonds is 0. The highest BCUT2D eigenvalue weighted by Gasteiger charge is 2.19. The lowest BCUT2D eigenvalue weighted by atomic mass is 10.2. The van der Waals surface area contributed by atoms with Crippen molar-refractivity contribution in [3.8, 4) is 0 Å². The molecule has 1 nitrogen and oxygen atoms in total. The number of aryl methyl sites for hydroxylation is 1. The summed E-state index contributed by atoms with van der Waals surface area (Å²) in [6.45, 7) is 2.14. The monoisotopic (exact) mass is 227 g/mol. The molecule has 80 valence electrons. The van der Waals surface area contributed by atoms with E-state index in [0.717, 1.165) is 0 Å². The smallest absolute Gasteiger partial charge is 0.0552 e. The molecule has 1 aliphatic rings. The first kappa shape index (κ1) is 9.79. The quantitative estimate of drug-likeness (QED) is 0.662. The standard InChI is InChI=1S/C14H13NS/c1-10-7-8-14-12(9-10)15(2)11-5-3-4-6-13(11)16-14/h3-9H,1-2H3. The molecule has 0 saturated heterocycles. The van der Waals surface area contributed by atoms with Gasteiger partial charge in [-0.05, 0) is 36.8 Å². The van der Waals surface area contributed by atoms with Crippen LogP contribution in [0.2, 0.25) is 0 Å². The van der Waals surface area contributed by atoms with Crippen molar-refractivity contribution in [1.82, 2.24) is 0 Å². The minimum atomic E-state index is 1.30. The Morgan fingerprint density at radius 3 is 2.56 bits per heavy atom. The lowest BCUT2D eigenvalue weighted by molar-refractivity contribution is 1.11. The molecule has 16 heavy (non-hydrogen) atoms. The van der Waals surface area contributed by atoms with Gasteiger partial charge in [0.25, 0.3) is 0 Å². The Hall–Kier alpha value is -1.41. The van der Waals surface area contributed by atoms with Crippen LogP contribution >= 0.6 is 11.8 Å². The van der Waals surface area contributed by atoms with Crippen molar-refractivity contribution in [3.05, 3.63) is 48.0 Å².